The summed E-state index contributed by atoms with van der Waals surface area (Å²) in [6.45, 7) is 2.86. The molecule has 1 fully saturated rings. The molecule has 0 aliphatic carbocycles. The van der Waals surface area contributed by atoms with E-state index in [0.717, 1.165) is 30.3 Å². The van der Waals surface area contributed by atoms with E-state index in [1.165, 1.54) is 35.5 Å². The number of aliphatic hydroxyl groups is 1. The van der Waals surface area contributed by atoms with Gasteiger partial charge in [0.2, 0.25) is 11.5 Å². The van der Waals surface area contributed by atoms with Crippen molar-refractivity contribution in [3.8, 4) is 0 Å². The number of alkyl halides is 3. The predicted molar refractivity (Wildman–Crippen MR) is 107 cm³/mol. The summed E-state index contributed by atoms with van der Waals surface area (Å²) in [5.74, 6) is -0.836. The minimum atomic E-state index is -5.01. The van der Waals surface area contributed by atoms with Crippen LogP contribution in [0.1, 0.15) is 42.6 Å². The Kier molecular flexibility index (Phi) is 6.55. The van der Waals surface area contributed by atoms with Gasteiger partial charge in [-0.15, -0.1) is 0 Å². The number of halogens is 3. The van der Waals surface area contributed by atoms with Gasteiger partial charge in [0, 0.05) is 32.5 Å². The molecule has 2 heterocycles. The lowest BCUT2D eigenvalue weighted by Gasteiger charge is -2.35. The number of carbonyl (C=O) groups is 1. The van der Waals surface area contributed by atoms with Gasteiger partial charge in [0.05, 0.1) is 6.42 Å². The van der Waals surface area contributed by atoms with E-state index in [-0.39, 0.29) is 0 Å². The lowest BCUT2D eigenvalue weighted by molar-refractivity contribution is -0.272. The van der Waals surface area contributed by atoms with Gasteiger partial charge in [-0.1, -0.05) is 29.8 Å². The molecular formula is C22H28F3N3O2. The predicted octanol–water partition coefficient (Wildman–Crippen LogP) is 3.74. The smallest absolute Gasteiger partial charge is 0.374 e. The van der Waals surface area contributed by atoms with Gasteiger partial charge in [0.15, 0.2) is 5.82 Å². The second-order valence-electron chi connectivity index (χ2n) is 8.24. The first kappa shape index (κ1) is 22.3. The number of hydrogen-bond acceptors (Lipinski definition) is 3. The number of hydrogen-bond donors (Lipinski definition) is 1. The maximum absolute atomic E-state index is 13.6. The number of aryl methyl sites for hydroxylation is 3. The van der Waals surface area contributed by atoms with Crippen LogP contribution in [0.4, 0.5) is 13.2 Å². The quantitative estimate of drug-likeness (QED) is 0.770. The first-order chi connectivity index (χ1) is 14.1. The van der Waals surface area contributed by atoms with Gasteiger partial charge in [-0.3, -0.25) is 4.79 Å². The Balaban J connectivity index is 1.56. The highest BCUT2D eigenvalue weighted by molar-refractivity contribution is 5.77. The highest BCUT2D eigenvalue weighted by Gasteiger charge is 2.59. The Morgan fingerprint density at radius 3 is 2.37 bits per heavy atom. The molecule has 30 heavy (non-hydrogen) atoms. The summed E-state index contributed by atoms with van der Waals surface area (Å²) in [7, 11) is 1.36. The number of imidazole rings is 1. The van der Waals surface area contributed by atoms with Crippen molar-refractivity contribution in [3.05, 3.63) is 53.6 Å². The molecule has 1 aromatic heterocycles. The Labute approximate surface area is 174 Å². The standard InChI is InChI=1S/C22H28F3N3O2/c1-16-3-5-17(6-4-16)7-8-18-9-12-28(13-10-18)19(29)15-21(30,22(23,24)25)20-26-11-14-27(20)2/h3-6,11,14,18,30H,7-10,12-13,15H2,1-2H3. The Morgan fingerprint density at radius 2 is 1.83 bits per heavy atom. The molecule has 5 nitrogen and oxygen atoms in total. The minimum absolute atomic E-state index is 0.409. The van der Waals surface area contributed by atoms with Crippen LogP contribution in [0.15, 0.2) is 36.7 Å². The van der Waals surface area contributed by atoms with E-state index in [1.54, 1.807) is 0 Å². The van der Waals surface area contributed by atoms with Gasteiger partial charge in [-0.25, -0.2) is 4.98 Å². The summed E-state index contributed by atoms with van der Waals surface area (Å²) >= 11 is 0. The van der Waals surface area contributed by atoms with Crippen molar-refractivity contribution in [1.82, 2.24) is 14.5 Å². The zero-order valence-electron chi connectivity index (χ0n) is 17.3. The first-order valence-corrected chi connectivity index (χ1v) is 10.2. The fraction of sp³-hybridized carbons (Fsp3) is 0.545. The number of benzene rings is 1. The SMILES string of the molecule is Cc1ccc(CCC2CCN(C(=O)CC(O)(c3nccn3C)C(F)(F)F)CC2)cc1. The van der Waals surface area contributed by atoms with Crippen LogP contribution in [0, 0.1) is 12.8 Å². The highest BCUT2D eigenvalue weighted by Crippen LogP contribution is 2.41. The zero-order chi connectivity index (χ0) is 21.9. The maximum atomic E-state index is 13.6. The largest absolute Gasteiger partial charge is 0.425 e. The fourth-order valence-corrected chi connectivity index (χ4v) is 4.00. The molecule has 1 amide bonds. The summed E-state index contributed by atoms with van der Waals surface area (Å²) in [5, 5.41) is 10.4. The summed E-state index contributed by atoms with van der Waals surface area (Å²) in [5.41, 5.74) is -0.815. The molecule has 2 aromatic rings. The maximum Gasteiger partial charge on any atom is 0.425 e. The molecule has 0 spiro atoms. The minimum Gasteiger partial charge on any atom is -0.374 e. The van der Waals surface area contributed by atoms with Gasteiger partial charge >= 0.3 is 6.18 Å². The zero-order valence-corrected chi connectivity index (χ0v) is 17.3. The van der Waals surface area contributed by atoms with E-state index in [0.29, 0.717) is 19.0 Å². The third-order valence-electron chi connectivity index (χ3n) is 6.00. The Morgan fingerprint density at radius 1 is 1.20 bits per heavy atom. The van der Waals surface area contributed by atoms with E-state index in [2.05, 4.69) is 29.2 Å². The lowest BCUT2D eigenvalue weighted by Crippen LogP contribution is -2.49. The first-order valence-electron chi connectivity index (χ1n) is 10.2. The van der Waals surface area contributed by atoms with Gasteiger partial charge in [-0.2, -0.15) is 13.2 Å². The molecule has 0 bridgehead atoms. The molecule has 1 aromatic carbocycles. The van der Waals surface area contributed by atoms with Crippen LogP contribution in [-0.2, 0) is 23.9 Å². The van der Waals surface area contributed by atoms with Crippen LogP contribution in [-0.4, -0.2) is 44.7 Å². The number of rotatable bonds is 6. The van der Waals surface area contributed by atoms with Crippen molar-refractivity contribution in [3.63, 3.8) is 0 Å². The Bertz CT molecular complexity index is 855. The molecule has 1 N–H and O–H groups in total. The number of amides is 1. The average Bonchev–Trinajstić information content (AvgIpc) is 3.13. The molecule has 3 rings (SSSR count). The number of likely N-dealkylation sites (tertiary alicyclic amines) is 1. The number of carbonyl (C=O) groups excluding carboxylic acids is 1. The van der Waals surface area contributed by atoms with E-state index >= 15 is 0 Å². The van der Waals surface area contributed by atoms with Crippen molar-refractivity contribution in [2.75, 3.05) is 13.1 Å². The second kappa shape index (κ2) is 8.79. The molecule has 1 aliphatic rings. The molecule has 1 aliphatic heterocycles. The fourth-order valence-electron chi connectivity index (χ4n) is 4.00. The lowest BCUT2D eigenvalue weighted by atomic mass is 9.89. The van der Waals surface area contributed by atoms with Gasteiger partial charge < -0.3 is 14.6 Å². The van der Waals surface area contributed by atoms with E-state index in [9.17, 15) is 23.1 Å². The van der Waals surface area contributed by atoms with Gasteiger partial charge in [0.1, 0.15) is 0 Å². The summed E-state index contributed by atoms with van der Waals surface area (Å²) in [6, 6.07) is 8.40. The molecule has 8 heteroatoms. The van der Waals surface area contributed by atoms with Crippen LogP contribution < -0.4 is 0 Å². The number of aromatic nitrogens is 2. The van der Waals surface area contributed by atoms with Crippen LogP contribution in [0.3, 0.4) is 0 Å². The summed E-state index contributed by atoms with van der Waals surface area (Å²) in [4.78, 5) is 17.7. The van der Waals surface area contributed by atoms with Crippen LogP contribution >= 0.6 is 0 Å². The van der Waals surface area contributed by atoms with Gasteiger partial charge in [-0.05, 0) is 44.1 Å². The van der Waals surface area contributed by atoms with Crippen LogP contribution in [0.25, 0.3) is 0 Å². The van der Waals surface area contributed by atoms with E-state index in [4.69, 9.17) is 0 Å². The van der Waals surface area contributed by atoms with Crippen molar-refractivity contribution in [2.45, 2.75) is 50.8 Å². The van der Waals surface area contributed by atoms with Crippen molar-refractivity contribution < 1.29 is 23.1 Å². The average molecular weight is 423 g/mol. The van der Waals surface area contributed by atoms with Gasteiger partial charge in [0.25, 0.3) is 0 Å². The monoisotopic (exact) mass is 423 g/mol. The number of nitrogens with zero attached hydrogens (tertiary/aromatic N) is 3. The van der Waals surface area contributed by atoms with E-state index in [1.807, 2.05) is 6.92 Å². The van der Waals surface area contributed by atoms with Crippen molar-refractivity contribution >= 4 is 5.91 Å². The number of piperidine rings is 1. The van der Waals surface area contributed by atoms with Crippen LogP contribution in [0.5, 0.6) is 0 Å². The molecule has 1 atom stereocenters. The molecule has 0 radical (unpaired) electrons. The van der Waals surface area contributed by atoms with E-state index < -0.39 is 29.9 Å². The van der Waals surface area contributed by atoms with Crippen molar-refractivity contribution in [2.24, 2.45) is 13.0 Å². The highest BCUT2D eigenvalue weighted by atomic mass is 19.4. The topological polar surface area (TPSA) is 58.4 Å². The molecule has 0 saturated carbocycles. The summed E-state index contributed by atoms with van der Waals surface area (Å²) in [6.07, 6.45) is -0.124. The summed E-state index contributed by atoms with van der Waals surface area (Å²) < 4.78 is 42.0. The van der Waals surface area contributed by atoms with Crippen molar-refractivity contribution in [1.29, 1.82) is 0 Å². The molecule has 1 saturated heterocycles. The molecule has 1 unspecified atom stereocenters. The normalized spacial score (nSPS) is 17.7. The Hall–Kier alpha value is -2.35. The molecular weight excluding hydrogens is 395 g/mol. The third-order valence-corrected chi connectivity index (χ3v) is 6.00. The third kappa shape index (κ3) is 4.86. The molecule has 164 valence electrons. The van der Waals surface area contributed by atoms with Crippen LogP contribution in [0.2, 0.25) is 0 Å². The second-order valence-corrected chi connectivity index (χ2v) is 8.24.